The van der Waals surface area contributed by atoms with Crippen LogP contribution in [0, 0.1) is 11.3 Å². The van der Waals surface area contributed by atoms with Crippen molar-refractivity contribution >= 4 is 23.9 Å². The highest BCUT2D eigenvalue weighted by Gasteiger charge is 2.65. The Morgan fingerprint density at radius 2 is 0.775 bits per heavy atom. The van der Waals surface area contributed by atoms with Crippen molar-refractivity contribution in [1.82, 2.24) is 0 Å². The van der Waals surface area contributed by atoms with Crippen LogP contribution >= 0.6 is 0 Å². The van der Waals surface area contributed by atoms with Crippen LogP contribution < -0.4 is 0 Å². The summed E-state index contributed by atoms with van der Waals surface area (Å²) in [5.41, 5.74) is -2.56. The Bertz CT molecular complexity index is 631. The number of carbonyl (C=O) groups is 4. The maximum Gasteiger partial charge on any atom is 0.336 e. The van der Waals surface area contributed by atoms with Crippen LogP contribution in [0.3, 0.4) is 0 Å². The molecule has 0 saturated carbocycles. The molecule has 0 bridgehead atoms. The van der Waals surface area contributed by atoms with E-state index in [1.807, 2.05) is 27.7 Å². The second kappa shape index (κ2) is 24.7. The predicted molar refractivity (Wildman–Crippen MR) is 157 cm³/mol. The van der Waals surface area contributed by atoms with Gasteiger partial charge < -0.3 is 18.9 Å². The van der Waals surface area contributed by atoms with Gasteiger partial charge in [0, 0.05) is 0 Å². The highest BCUT2D eigenvalue weighted by atomic mass is 16.6. The van der Waals surface area contributed by atoms with E-state index in [1.54, 1.807) is 0 Å². The van der Waals surface area contributed by atoms with E-state index in [9.17, 15) is 19.2 Å². The molecule has 0 rings (SSSR count). The van der Waals surface area contributed by atoms with Crippen molar-refractivity contribution in [2.24, 2.45) is 11.3 Å². The van der Waals surface area contributed by atoms with Crippen LogP contribution in [0.25, 0.3) is 0 Å². The molecule has 0 aromatic heterocycles. The molecule has 1 atom stereocenters. The molecule has 1 unspecified atom stereocenters. The van der Waals surface area contributed by atoms with Crippen molar-refractivity contribution in [3.8, 4) is 0 Å². The molecule has 0 radical (unpaired) electrons. The van der Waals surface area contributed by atoms with Crippen LogP contribution in [0.2, 0.25) is 0 Å². The summed E-state index contributed by atoms with van der Waals surface area (Å²) in [5, 5.41) is 0. The van der Waals surface area contributed by atoms with Crippen molar-refractivity contribution in [3.05, 3.63) is 0 Å². The largest absolute Gasteiger partial charge is 0.465 e. The summed E-state index contributed by atoms with van der Waals surface area (Å²) in [7, 11) is 0. The van der Waals surface area contributed by atoms with Crippen LogP contribution in [0.1, 0.15) is 144 Å². The van der Waals surface area contributed by atoms with Crippen molar-refractivity contribution in [1.29, 1.82) is 0 Å². The highest BCUT2D eigenvalue weighted by molar-refractivity contribution is 6.20. The van der Waals surface area contributed by atoms with Crippen molar-refractivity contribution < 1.29 is 38.1 Å². The molecule has 40 heavy (non-hydrogen) atoms. The van der Waals surface area contributed by atoms with Gasteiger partial charge in [0.05, 0.1) is 32.3 Å². The molecule has 0 fully saturated rings. The molecule has 234 valence electrons. The van der Waals surface area contributed by atoms with Crippen LogP contribution in [-0.4, -0.2) is 50.3 Å². The van der Waals surface area contributed by atoms with Crippen LogP contribution in [0.4, 0.5) is 0 Å². The van der Waals surface area contributed by atoms with Crippen molar-refractivity contribution in [3.63, 3.8) is 0 Å². The third kappa shape index (κ3) is 14.0. The Hall–Kier alpha value is -2.12. The van der Waals surface area contributed by atoms with E-state index in [4.69, 9.17) is 18.9 Å². The number of hydrogen-bond donors (Lipinski definition) is 0. The highest BCUT2D eigenvalue weighted by Crippen LogP contribution is 2.38. The minimum Gasteiger partial charge on any atom is -0.465 e. The van der Waals surface area contributed by atoms with Gasteiger partial charge in [-0.1, -0.05) is 112 Å². The fraction of sp³-hybridized carbons (Fsp3) is 0.875. The van der Waals surface area contributed by atoms with Crippen molar-refractivity contribution in [2.45, 2.75) is 144 Å². The first-order valence-electron chi connectivity index (χ1n) is 16.1. The maximum absolute atomic E-state index is 13.9. The zero-order valence-electron chi connectivity index (χ0n) is 26.2. The molecule has 0 aliphatic carbocycles. The number of esters is 4. The second-order valence-corrected chi connectivity index (χ2v) is 10.6. The van der Waals surface area contributed by atoms with Gasteiger partial charge in [-0.2, -0.15) is 0 Å². The SMILES string of the molecule is CCCCCCC(C(=O)OCCCCC)C(C(=O)OCCCCC)(C(=O)OCCCCC)C(=O)OCCCCC. The Morgan fingerprint density at radius 1 is 0.450 bits per heavy atom. The Kier molecular flexibility index (Phi) is 23.4. The van der Waals surface area contributed by atoms with Gasteiger partial charge in [-0.3, -0.25) is 19.2 Å². The monoisotopic (exact) mass is 570 g/mol. The standard InChI is InChI=1S/C32H58O8/c1-6-11-16-17-22-27(28(33)37-23-18-12-7-2)32(29(34)38-24-19-13-8-3,30(35)39-25-20-14-9-4)31(36)40-26-21-15-10-5/h27H,6-26H2,1-5H3. The zero-order chi connectivity index (χ0) is 30.1. The lowest BCUT2D eigenvalue weighted by atomic mass is 9.72. The summed E-state index contributed by atoms with van der Waals surface area (Å²) >= 11 is 0. The summed E-state index contributed by atoms with van der Waals surface area (Å²) in [6.07, 6.45) is 12.7. The van der Waals surface area contributed by atoms with E-state index in [2.05, 4.69) is 6.92 Å². The van der Waals surface area contributed by atoms with Crippen LogP contribution in [-0.2, 0) is 38.1 Å². The lowest BCUT2D eigenvalue weighted by Crippen LogP contribution is -2.57. The predicted octanol–water partition coefficient (Wildman–Crippen LogP) is 7.49. The maximum atomic E-state index is 13.9. The Balaban J connectivity index is 6.54. The summed E-state index contributed by atoms with van der Waals surface area (Å²) < 4.78 is 22.3. The number of hydrogen-bond acceptors (Lipinski definition) is 8. The van der Waals surface area contributed by atoms with Gasteiger partial charge in [-0.15, -0.1) is 0 Å². The zero-order valence-corrected chi connectivity index (χ0v) is 26.2. The molecule has 8 nitrogen and oxygen atoms in total. The minimum atomic E-state index is -2.56. The van der Waals surface area contributed by atoms with Gasteiger partial charge in [-0.05, 0) is 32.1 Å². The number of rotatable bonds is 26. The van der Waals surface area contributed by atoms with E-state index in [1.165, 1.54) is 0 Å². The minimum absolute atomic E-state index is 0.0365. The molecule has 0 N–H and O–H groups in total. The van der Waals surface area contributed by atoms with E-state index in [-0.39, 0.29) is 32.8 Å². The molecular weight excluding hydrogens is 512 g/mol. The van der Waals surface area contributed by atoms with E-state index < -0.39 is 35.2 Å². The second-order valence-electron chi connectivity index (χ2n) is 10.6. The average molecular weight is 571 g/mol. The molecular formula is C32H58O8. The summed E-state index contributed by atoms with van der Waals surface area (Å²) in [5.74, 6) is -5.36. The number of ether oxygens (including phenoxy) is 4. The summed E-state index contributed by atoms with van der Waals surface area (Å²) in [6.45, 7) is 10.4. The fourth-order valence-corrected chi connectivity index (χ4v) is 4.48. The van der Waals surface area contributed by atoms with E-state index in [0.29, 0.717) is 32.1 Å². The van der Waals surface area contributed by atoms with Gasteiger partial charge >= 0.3 is 23.9 Å². The topological polar surface area (TPSA) is 105 Å². The van der Waals surface area contributed by atoms with Crippen molar-refractivity contribution in [2.75, 3.05) is 26.4 Å². The van der Waals surface area contributed by atoms with Gasteiger partial charge in [0.2, 0.25) is 0 Å². The summed E-state index contributed by atoms with van der Waals surface area (Å²) in [4.78, 5) is 55.2. The van der Waals surface area contributed by atoms with E-state index >= 15 is 0 Å². The number of unbranched alkanes of at least 4 members (excludes halogenated alkanes) is 11. The van der Waals surface area contributed by atoms with Gasteiger partial charge in [0.25, 0.3) is 5.41 Å². The van der Waals surface area contributed by atoms with Crippen LogP contribution in [0.5, 0.6) is 0 Å². The smallest absolute Gasteiger partial charge is 0.336 e. The summed E-state index contributed by atoms with van der Waals surface area (Å²) in [6, 6.07) is 0. The molecule has 0 heterocycles. The molecule has 0 saturated heterocycles. The average Bonchev–Trinajstić information content (AvgIpc) is 2.95. The first-order chi connectivity index (χ1) is 19.4. The van der Waals surface area contributed by atoms with Gasteiger partial charge in [-0.25, -0.2) is 0 Å². The molecule has 0 aliphatic heterocycles. The third-order valence-corrected chi connectivity index (χ3v) is 7.05. The molecule has 0 spiro atoms. The number of carbonyl (C=O) groups excluding carboxylic acids is 4. The first-order valence-corrected chi connectivity index (χ1v) is 16.1. The molecule has 0 aliphatic rings. The lowest BCUT2D eigenvalue weighted by molar-refractivity contribution is -0.195. The third-order valence-electron chi connectivity index (χ3n) is 7.05. The Morgan fingerprint density at radius 3 is 1.12 bits per heavy atom. The molecule has 8 heteroatoms. The van der Waals surface area contributed by atoms with E-state index in [0.717, 1.165) is 70.6 Å². The fourth-order valence-electron chi connectivity index (χ4n) is 4.48. The normalized spacial score (nSPS) is 12.0. The molecule has 0 aromatic carbocycles. The Labute approximate surface area is 243 Å². The van der Waals surface area contributed by atoms with Gasteiger partial charge in [0.15, 0.2) is 0 Å². The van der Waals surface area contributed by atoms with Gasteiger partial charge in [0.1, 0.15) is 0 Å². The first kappa shape index (κ1) is 37.9. The molecule has 0 amide bonds. The quantitative estimate of drug-likeness (QED) is 0.0456. The molecule has 0 aromatic rings. The lowest BCUT2D eigenvalue weighted by Gasteiger charge is -2.33. The van der Waals surface area contributed by atoms with Crippen LogP contribution in [0.15, 0.2) is 0 Å².